The lowest BCUT2D eigenvalue weighted by atomic mass is 9.89. The van der Waals surface area contributed by atoms with Crippen LogP contribution in [0.2, 0.25) is 0 Å². The number of rotatable bonds is 7. The first-order valence-corrected chi connectivity index (χ1v) is 13.3. The molecule has 0 aliphatic carbocycles. The van der Waals surface area contributed by atoms with Crippen LogP contribution < -0.4 is 5.32 Å². The monoisotopic (exact) mass is 510 g/mol. The number of likely N-dealkylation sites (tertiary alicyclic amines) is 1. The van der Waals surface area contributed by atoms with Crippen LogP contribution in [0.15, 0.2) is 48.5 Å². The zero-order valence-corrected chi connectivity index (χ0v) is 21.7. The van der Waals surface area contributed by atoms with Crippen molar-refractivity contribution < 1.29 is 28.8 Å². The van der Waals surface area contributed by atoms with Crippen LogP contribution in [-0.2, 0) is 36.9 Å². The normalized spacial score (nSPS) is 27.9. The molecule has 8 nitrogen and oxygen atoms in total. The van der Waals surface area contributed by atoms with Crippen LogP contribution in [0, 0.1) is 5.92 Å². The Balaban J connectivity index is 1.32. The number of carbonyl (C=O) groups is 1. The lowest BCUT2D eigenvalue weighted by molar-refractivity contribution is -0.278. The standard InChI is InChI=1S/C29H38N2O6/c1-20-26(18-31-13-11-29(12-14-31)34-15-16-35-29)36-28(25-9-3-22(4-10-25)17-30-21(2)33)37-27(20)24-7-5-23(19-32)6-8-24/h3-10,20,26-28,32H,11-19H2,1-2H3,(H,30,33). The molecule has 200 valence electrons. The molecule has 8 heteroatoms. The van der Waals surface area contributed by atoms with Crippen LogP contribution in [0.3, 0.4) is 0 Å². The van der Waals surface area contributed by atoms with Crippen molar-refractivity contribution in [2.75, 3.05) is 32.8 Å². The Morgan fingerprint density at radius 1 is 0.973 bits per heavy atom. The quantitative estimate of drug-likeness (QED) is 0.590. The third kappa shape index (κ3) is 6.22. The van der Waals surface area contributed by atoms with E-state index in [0.717, 1.165) is 54.7 Å². The van der Waals surface area contributed by atoms with Gasteiger partial charge >= 0.3 is 0 Å². The number of benzene rings is 2. The third-order valence-electron chi connectivity index (χ3n) is 7.79. The summed E-state index contributed by atoms with van der Waals surface area (Å²) < 4.78 is 25.0. The maximum Gasteiger partial charge on any atom is 0.217 e. The predicted octanol–water partition coefficient (Wildman–Crippen LogP) is 3.45. The number of nitrogens with one attached hydrogen (secondary N) is 1. The minimum absolute atomic E-state index is 0.0183. The summed E-state index contributed by atoms with van der Waals surface area (Å²) in [5, 5.41) is 12.3. The van der Waals surface area contributed by atoms with E-state index < -0.39 is 12.1 Å². The van der Waals surface area contributed by atoms with Crippen molar-refractivity contribution >= 4 is 5.91 Å². The van der Waals surface area contributed by atoms with E-state index in [4.69, 9.17) is 18.9 Å². The van der Waals surface area contributed by atoms with E-state index in [9.17, 15) is 9.90 Å². The van der Waals surface area contributed by atoms with Gasteiger partial charge in [-0.05, 0) is 16.7 Å². The van der Waals surface area contributed by atoms with Crippen molar-refractivity contribution in [1.82, 2.24) is 10.2 Å². The van der Waals surface area contributed by atoms with Crippen molar-refractivity contribution in [2.45, 2.75) is 64.1 Å². The van der Waals surface area contributed by atoms with Gasteiger partial charge in [0.15, 0.2) is 12.1 Å². The fourth-order valence-electron chi connectivity index (χ4n) is 5.46. The summed E-state index contributed by atoms with van der Waals surface area (Å²) in [5.74, 6) is -0.313. The first-order valence-electron chi connectivity index (χ1n) is 13.3. The van der Waals surface area contributed by atoms with Gasteiger partial charge in [0.05, 0.1) is 32.0 Å². The number of aliphatic hydroxyl groups is 1. The molecule has 3 aliphatic heterocycles. The fourth-order valence-corrected chi connectivity index (χ4v) is 5.46. The third-order valence-corrected chi connectivity index (χ3v) is 7.79. The van der Waals surface area contributed by atoms with Crippen molar-refractivity contribution in [3.8, 4) is 0 Å². The molecule has 0 aromatic heterocycles. The van der Waals surface area contributed by atoms with Gasteiger partial charge in [-0.25, -0.2) is 0 Å². The minimum atomic E-state index is -0.504. The van der Waals surface area contributed by atoms with E-state index >= 15 is 0 Å². The lowest BCUT2D eigenvalue weighted by Crippen LogP contribution is -2.50. The zero-order chi connectivity index (χ0) is 25.8. The van der Waals surface area contributed by atoms with Crippen LogP contribution in [0.1, 0.15) is 61.3 Å². The molecule has 0 radical (unpaired) electrons. The molecule has 2 N–H and O–H groups in total. The van der Waals surface area contributed by atoms with Gasteiger partial charge in [0.2, 0.25) is 5.91 Å². The molecule has 3 fully saturated rings. The average Bonchev–Trinajstić information content (AvgIpc) is 3.38. The minimum Gasteiger partial charge on any atom is -0.392 e. The molecule has 2 aromatic carbocycles. The van der Waals surface area contributed by atoms with Crippen LogP contribution in [0.5, 0.6) is 0 Å². The van der Waals surface area contributed by atoms with Gasteiger partial charge < -0.3 is 34.3 Å². The highest BCUT2D eigenvalue weighted by atomic mass is 16.7. The van der Waals surface area contributed by atoms with Crippen LogP contribution in [0.4, 0.5) is 0 Å². The van der Waals surface area contributed by atoms with E-state index in [2.05, 4.69) is 17.1 Å². The molecular formula is C29H38N2O6. The number of nitrogens with zero attached hydrogens (tertiary/aromatic N) is 1. The smallest absolute Gasteiger partial charge is 0.217 e. The molecule has 37 heavy (non-hydrogen) atoms. The summed E-state index contributed by atoms with van der Waals surface area (Å²) in [6, 6.07) is 16.0. The zero-order valence-electron chi connectivity index (χ0n) is 21.7. The first-order chi connectivity index (χ1) is 17.9. The van der Waals surface area contributed by atoms with Gasteiger partial charge in [0.1, 0.15) is 0 Å². The number of carbonyl (C=O) groups excluding carboxylic acids is 1. The molecule has 1 amide bonds. The Morgan fingerprint density at radius 3 is 2.22 bits per heavy atom. The number of piperidine rings is 1. The van der Waals surface area contributed by atoms with Crippen molar-refractivity contribution in [2.24, 2.45) is 5.92 Å². The molecule has 0 saturated carbocycles. The van der Waals surface area contributed by atoms with Crippen LogP contribution in [-0.4, -0.2) is 60.7 Å². The molecule has 1 spiro atoms. The lowest BCUT2D eigenvalue weighted by Gasteiger charge is -2.44. The highest BCUT2D eigenvalue weighted by Crippen LogP contribution is 2.42. The van der Waals surface area contributed by atoms with Gasteiger partial charge in [-0.15, -0.1) is 0 Å². The van der Waals surface area contributed by atoms with Gasteiger partial charge in [0, 0.05) is 57.4 Å². The Labute approximate surface area is 218 Å². The van der Waals surface area contributed by atoms with Gasteiger partial charge in [0.25, 0.3) is 0 Å². The molecule has 3 aliphatic rings. The highest BCUT2D eigenvalue weighted by Gasteiger charge is 2.43. The van der Waals surface area contributed by atoms with E-state index in [-0.39, 0.29) is 30.6 Å². The second-order valence-electron chi connectivity index (χ2n) is 10.4. The Morgan fingerprint density at radius 2 is 1.59 bits per heavy atom. The van der Waals surface area contributed by atoms with Crippen molar-refractivity contribution in [1.29, 1.82) is 0 Å². The molecule has 3 saturated heterocycles. The Kier molecular flexibility index (Phi) is 8.24. The Hall–Kier alpha value is -2.33. The average molecular weight is 511 g/mol. The summed E-state index contributed by atoms with van der Waals surface area (Å²) in [6.07, 6.45) is 1.07. The van der Waals surface area contributed by atoms with E-state index in [1.807, 2.05) is 48.5 Å². The van der Waals surface area contributed by atoms with Crippen LogP contribution >= 0.6 is 0 Å². The number of amides is 1. The van der Waals surface area contributed by atoms with E-state index in [1.165, 1.54) is 6.92 Å². The number of hydrogen-bond donors (Lipinski definition) is 2. The molecule has 4 atom stereocenters. The summed E-state index contributed by atoms with van der Waals surface area (Å²) >= 11 is 0. The van der Waals surface area contributed by atoms with Gasteiger partial charge in [-0.2, -0.15) is 0 Å². The van der Waals surface area contributed by atoms with Crippen molar-refractivity contribution in [3.05, 3.63) is 70.8 Å². The molecule has 4 unspecified atom stereocenters. The SMILES string of the molecule is CC(=O)NCc1ccc(C2OC(CN3CCC4(CC3)OCCO4)C(C)C(c3ccc(CO)cc3)O2)cc1. The number of hydrogen-bond acceptors (Lipinski definition) is 7. The first kappa shape index (κ1) is 26.3. The summed E-state index contributed by atoms with van der Waals surface area (Å²) in [5.41, 5.74) is 3.93. The van der Waals surface area contributed by atoms with E-state index in [0.29, 0.717) is 19.8 Å². The maximum absolute atomic E-state index is 11.3. The summed E-state index contributed by atoms with van der Waals surface area (Å²) in [4.78, 5) is 13.7. The molecule has 2 aromatic rings. The topological polar surface area (TPSA) is 89.5 Å². The fraction of sp³-hybridized carbons (Fsp3) is 0.552. The highest BCUT2D eigenvalue weighted by molar-refractivity contribution is 5.72. The molecular weight excluding hydrogens is 472 g/mol. The summed E-state index contributed by atoms with van der Waals surface area (Å²) in [6.45, 7) is 8.21. The molecule has 0 bridgehead atoms. The summed E-state index contributed by atoms with van der Waals surface area (Å²) in [7, 11) is 0. The van der Waals surface area contributed by atoms with Crippen molar-refractivity contribution in [3.63, 3.8) is 0 Å². The predicted molar refractivity (Wildman–Crippen MR) is 137 cm³/mol. The van der Waals surface area contributed by atoms with E-state index in [1.54, 1.807) is 0 Å². The maximum atomic E-state index is 11.3. The largest absolute Gasteiger partial charge is 0.392 e. The number of aliphatic hydroxyl groups excluding tert-OH is 1. The Bertz CT molecular complexity index is 1030. The second-order valence-corrected chi connectivity index (χ2v) is 10.4. The molecule has 3 heterocycles. The number of ether oxygens (including phenoxy) is 4. The van der Waals surface area contributed by atoms with Crippen LogP contribution in [0.25, 0.3) is 0 Å². The second kappa shape index (κ2) is 11.6. The van der Waals surface area contributed by atoms with Gasteiger partial charge in [-0.1, -0.05) is 55.5 Å². The van der Waals surface area contributed by atoms with Gasteiger partial charge in [-0.3, -0.25) is 4.79 Å². The molecule has 5 rings (SSSR count).